The minimum absolute atomic E-state index is 0.208. The molecule has 37 heavy (non-hydrogen) atoms. The number of amides is 3. The van der Waals surface area contributed by atoms with E-state index in [9.17, 15) is 19.2 Å². The van der Waals surface area contributed by atoms with Crippen molar-refractivity contribution in [3.63, 3.8) is 0 Å². The van der Waals surface area contributed by atoms with E-state index in [4.69, 9.17) is 4.74 Å². The zero-order valence-corrected chi connectivity index (χ0v) is 21.6. The number of carbonyl (C=O) groups excluding carboxylic acids is 3. The zero-order valence-electron chi connectivity index (χ0n) is 21.6. The summed E-state index contributed by atoms with van der Waals surface area (Å²) in [6, 6.07) is 7.31. The predicted molar refractivity (Wildman–Crippen MR) is 144 cm³/mol. The molecule has 1 aromatic carbocycles. The number of hydrogen-bond acceptors (Lipinski definition) is 6. The van der Waals surface area contributed by atoms with Gasteiger partial charge in [0.15, 0.2) is 0 Å². The number of benzene rings is 1. The monoisotopic (exact) mass is 510 g/mol. The summed E-state index contributed by atoms with van der Waals surface area (Å²) in [5, 5.41) is 8.15. The first-order valence-corrected chi connectivity index (χ1v) is 11.7. The molecule has 10 heteroatoms. The highest BCUT2D eigenvalue weighted by Crippen LogP contribution is 2.32. The van der Waals surface area contributed by atoms with E-state index < -0.39 is 29.4 Å². The second kappa shape index (κ2) is 13.1. The lowest BCUT2D eigenvalue weighted by molar-refractivity contribution is -0.116. The number of aromatic nitrogens is 1. The molecule has 1 heterocycles. The molecule has 198 valence electrons. The Morgan fingerprint density at radius 2 is 1.78 bits per heavy atom. The molecular formula is C27H34N4O6. The summed E-state index contributed by atoms with van der Waals surface area (Å²) < 4.78 is 9.99. The van der Waals surface area contributed by atoms with Crippen LogP contribution in [-0.2, 0) is 14.3 Å². The molecule has 0 saturated carbocycles. The highest BCUT2D eigenvalue weighted by Gasteiger charge is 2.21. The van der Waals surface area contributed by atoms with Gasteiger partial charge in [-0.15, -0.1) is 13.2 Å². The number of anilines is 2. The smallest absolute Gasteiger partial charge is 0.411 e. The SMILES string of the molecule is C=CCCC(=O)Nc1cc(NC(=O)OC)ccc1-c1cc([C@H](CC=C)NC(=O)OC(C)(C)C)[nH]c(=O)c1. The van der Waals surface area contributed by atoms with Crippen LogP contribution < -0.4 is 21.5 Å². The van der Waals surface area contributed by atoms with Gasteiger partial charge in [0.05, 0.1) is 18.8 Å². The molecule has 0 aliphatic carbocycles. The molecule has 0 saturated heterocycles. The van der Waals surface area contributed by atoms with Crippen molar-refractivity contribution in [1.29, 1.82) is 0 Å². The molecule has 0 aliphatic heterocycles. The Labute approximate surface area is 216 Å². The first-order chi connectivity index (χ1) is 17.4. The number of carbonyl (C=O) groups is 3. The Balaban J connectivity index is 2.51. The average molecular weight is 511 g/mol. The molecule has 4 N–H and O–H groups in total. The number of hydrogen-bond donors (Lipinski definition) is 4. The van der Waals surface area contributed by atoms with Gasteiger partial charge in [-0.2, -0.15) is 0 Å². The van der Waals surface area contributed by atoms with Crippen molar-refractivity contribution >= 4 is 29.5 Å². The third-order valence-electron chi connectivity index (χ3n) is 4.95. The molecule has 0 unspecified atom stereocenters. The lowest BCUT2D eigenvalue weighted by atomic mass is 10.00. The molecule has 0 bridgehead atoms. The van der Waals surface area contributed by atoms with Crippen LogP contribution in [-0.4, -0.2) is 35.8 Å². The summed E-state index contributed by atoms with van der Waals surface area (Å²) in [6.45, 7) is 12.6. The Hall–Kier alpha value is -4.34. The van der Waals surface area contributed by atoms with Crippen LogP contribution in [0.25, 0.3) is 11.1 Å². The highest BCUT2D eigenvalue weighted by molar-refractivity contribution is 5.97. The molecule has 0 radical (unpaired) electrons. The van der Waals surface area contributed by atoms with Gasteiger partial charge in [0.2, 0.25) is 11.5 Å². The highest BCUT2D eigenvalue weighted by atomic mass is 16.6. The predicted octanol–water partition coefficient (Wildman–Crippen LogP) is 5.27. The third-order valence-corrected chi connectivity index (χ3v) is 4.95. The number of allylic oxidation sites excluding steroid dienone is 1. The Morgan fingerprint density at radius 3 is 2.41 bits per heavy atom. The first kappa shape index (κ1) is 28.9. The molecule has 3 amide bonds. The van der Waals surface area contributed by atoms with Gasteiger partial charge in [-0.1, -0.05) is 18.2 Å². The fourth-order valence-corrected chi connectivity index (χ4v) is 3.38. The van der Waals surface area contributed by atoms with Crippen molar-refractivity contribution < 1.29 is 23.9 Å². The minimum atomic E-state index is -0.698. The summed E-state index contributed by atoms with van der Waals surface area (Å²) in [4.78, 5) is 52.0. The molecule has 0 aliphatic rings. The molecule has 10 nitrogen and oxygen atoms in total. The van der Waals surface area contributed by atoms with Crippen LogP contribution in [0.3, 0.4) is 0 Å². The summed E-state index contributed by atoms with van der Waals surface area (Å²) in [5.74, 6) is -0.266. The molecule has 1 aromatic heterocycles. The van der Waals surface area contributed by atoms with Gasteiger partial charge in [-0.05, 0) is 57.4 Å². The first-order valence-electron chi connectivity index (χ1n) is 11.7. The largest absolute Gasteiger partial charge is 0.453 e. The lowest BCUT2D eigenvalue weighted by Gasteiger charge is -2.23. The van der Waals surface area contributed by atoms with Crippen LogP contribution in [0.2, 0.25) is 0 Å². The van der Waals surface area contributed by atoms with E-state index in [0.717, 1.165) is 0 Å². The third kappa shape index (κ3) is 9.32. The second-order valence-corrected chi connectivity index (χ2v) is 9.16. The minimum Gasteiger partial charge on any atom is -0.453 e. The molecule has 0 spiro atoms. The number of pyridine rings is 1. The van der Waals surface area contributed by atoms with Crippen molar-refractivity contribution in [3.8, 4) is 11.1 Å². The average Bonchev–Trinajstić information content (AvgIpc) is 2.81. The number of methoxy groups -OCH3 is 1. The van der Waals surface area contributed by atoms with Crippen LogP contribution >= 0.6 is 0 Å². The normalized spacial score (nSPS) is 11.6. The number of alkyl carbamates (subject to hydrolysis) is 1. The summed E-state index contributed by atoms with van der Waals surface area (Å²) >= 11 is 0. The van der Waals surface area contributed by atoms with Crippen molar-refractivity contribution in [2.24, 2.45) is 0 Å². The molecule has 2 aromatic rings. The van der Waals surface area contributed by atoms with Crippen LogP contribution in [0.15, 0.2) is 60.4 Å². The Kier molecular flexibility index (Phi) is 10.2. The lowest BCUT2D eigenvalue weighted by Crippen LogP contribution is -2.35. The van der Waals surface area contributed by atoms with Gasteiger partial charge in [0.25, 0.3) is 0 Å². The molecule has 0 fully saturated rings. The van der Waals surface area contributed by atoms with Gasteiger partial charge < -0.3 is 25.1 Å². The van der Waals surface area contributed by atoms with Gasteiger partial charge in [-0.3, -0.25) is 14.9 Å². The number of ether oxygens (including phenoxy) is 2. The number of aromatic amines is 1. The van der Waals surface area contributed by atoms with Crippen LogP contribution in [0, 0.1) is 0 Å². The second-order valence-electron chi connectivity index (χ2n) is 9.16. The van der Waals surface area contributed by atoms with Gasteiger partial charge in [0.1, 0.15) is 5.60 Å². The number of H-pyrrole nitrogens is 1. The van der Waals surface area contributed by atoms with E-state index in [-0.39, 0.29) is 12.3 Å². The topological polar surface area (TPSA) is 139 Å². The fourth-order valence-electron chi connectivity index (χ4n) is 3.38. The van der Waals surface area contributed by atoms with E-state index in [0.29, 0.717) is 41.0 Å². The standard InChI is InChI=1S/C27H34N4O6/c1-7-9-11-23(32)29-21-16-18(28-25(34)36-6)12-13-19(21)17-14-22(30-24(33)15-17)20(10-8-2)31-26(35)37-27(3,4)5/h7-8,12-16,20H,1-2,9-11H2,3-6H3,(H,28,34)(H,29,32)(H,30,33)(H,31,35)/t20-/m0/s1. The van der Waals surface area contributed by atoms with Gasteiger partial charge in [-0.25, -0.2) is 9.59 Å². The fraction of sp³-hybridized carbons (Fsp3) is 0.333. The quantitative estimate of drug-likeness (QED) is 0.321. The number of rotatable bonds is 10. The maximum atomic E-state index is 12.6. The van der Waals surface area contributed by atoms with Crippen molar-refractivity contribution in [3.05, 3.63) is 71.7 Å². The van der Waals surface area contributed by atoms with E-state index in [1.54, 1.807) is 57.2 Å². The Morgan fingerprint density at radius 1 is 1.05 bits per heavy atom. The van der Waals surface area contributed by atoms with Crippen LogP contribution in [0.1, 0.15) is 51.8 Å². The van der Waals surface area contributed by atoms with Gasteiger partial charge in [0, 0.05) is 29.4 Å². The summed E-state index contributed by atoms with van der Waals surface area (Å²) in [6.07, 6.45) is 2.96. The zero-order chi connectivity index (χ0) is 27.6. The molecular weight excluding hydrogens is 476 g/mol. The van der Waals surface area contributed by atoms with Gasteiger partial charge >= 0.3 is 12.2 Å². The molecule has 2 rings (SSSR count). The Bertz CT molecular complexity index is 1210. The van der Waals surface area contributed by atoms with Crippen molar-refractivity contribution in [2.45, 2.75) is 51.7 Å². The van der Waals surface area contributed by atoms with E-state index in [1.807, 2.05) is 0 Å². The van der Waals surface area contributed by atoms with E-state index >= 15 is 0 Å². The van der Waals surface area contributed by atoms with Crippen LogP contribution in [0.5, 0.6) is 0 Å². The van der Waals surface area contributed by atoms with E-state index in [2.05, 4.69) is 38.8 Å². The van der Waals surface area contributed by atoms with Crippen molar-refractivity contribution in [2.75, 3.05) is 17.7 Å². The van der Waals surface area contributed by atoms with Crippen molar-refractivity contribution in [1.82, 2.24) is 10.3 Å². The molecule has 1 atom stereocenters. The maximum Gasteiger partial charge on any atom is 0.411 e. The number of nitrogens with one attached hydrogen (secondary N) is 4. The summed E-state index contributed by atoms with van der Waals surface area (Å²) in [7, 11) is 1.24. The summed E-state index contributed by atoms with van der Waals surface area (Å²) in [5.41, 5.74) is 1.10. The van der Waals surface area contributed by atoms with Crippen LogP contribution in [0.4, 0.5) is 21.0 Å². The maximum absolute atomic E-state index is 12.6. The van der Waals surface area contributed by atoms with E-state index in [1.165, 1.54) is 13.2 Å².